The van der Waals surface area contributed by atoms with Gasteiger partial charge in [-0.3, -0.25) is 4.57 Å². The van der Waals surface area contributed by atoms with E-state index in [0.717, 1.165) is 37.5 Å². The van der Waals surface area contributed by atoms with Gasteiger partial charge in [-0.2, -0.15) is 0 Å². The lowest BCUT2D eigenvalue weighted by molar-refractivity contribution is 0.161. The molecule has 2 N–H and O–H groups in total. The quantitative estimate of drug-likeness (QED) is 0.881. The summed E-state index contributed by atoms with van der Waals surface area (Å²) >= 11 is 0. The molecule has 19 heavy (non-hydrogen) atoms. The van der Waals surface area contributed by atoms with Crippen LogP contribution in [0.1, 0.15) is 63.3 Å². The minimum Gasteiger partial charge on any atom is -0.311 e. The molecule has 2 atom stereocenters. The zero-order valence-corrected chi connectivity index (χ0v) is 12.0. The van der Waals surface area contributed by atoms with Crippen LogP contribution in [0.4, 0.5) is 0 Å². The second-order valence-corrected chi connectivity index (χ2v) is 6.23. The van der Waals surface area contributed by atoms with Gasteiger partial charge in [0.1, 0.15) is 11.6 Å². The van der Waals surface area contributed by atoms with Crippen molar-refractivity contribution < 1.29 is 0 Å². The number of aryl methyl sites for hydroxylation is 1. The normalized spacial score (nSPS) is 28.6. The van der Waals surface area contributed by atoms with E-state index in [1.54, 1.807) is 0 Å². The molecule has 0 radical (unpaired) electrons. The fourth-order valence-electron chi connectivity index (χ4n) is 3.43. The van der Waals surface area contributed by atoms with Crippen LogP contribution in [0.3, 0.4) is 0 Å². The summed E-state index contributed by atoms with van der Waals surface area (Å²) < 4.78 is 2.22. The molecule has 1 fully saturated rings. The molecular formula is C14H25N5. The lowest BCUT2D eigenvalue weighted by Crippen LogP contribution is -2.40. The summed E-state index contributed by atoms with van der Waals surface area (Å²) in [4.78, 5) is 2.55. The second kappa shape index (κ2) is 5.21. The predicted octanol–water partition coefficient (Wildman–Crippen LogP) is 1.66. The Labute approximate surface area is 115 Å². The first-order valence-corrected chi connectivity index (χ1v) is 7.60. The SMILES string of the molecule is CC(C)N1CCCC(c2nnc3n2C(N)CCC3)C1. The number of rotatable bonds is 2. The van der Waals surface area contributed by atoms with E-state index in [-0.39, 0.29) is 6.17 Å². The number of hydrogen-bond acceptors (Lipinski definition) is 4. The molecule has 2 unspecified atom stereocenters. The molecule has 0 aromatic carbocycles. The fourth-order valence-corrected chi connectivity index (χ4v) is 3.43. The first-order chi connectivity index (χ1) is 9.16. The molecule has 1 aromatic rings. The van der Waals surface area contributed by atoms with Gasteiger partial charge in [0.2, 0.25) is 0 Å². The summed E-state index contributed by atoms with van der Waals surface area (Å²) in [5.41, 5.74) is 6.26. The summed E-state index contributed by atoms with van der Waals surface area (Å²) in [7, 11) is 0. The zero-order chi connectivity index (χ0) is 13.4. The molecule has 2 aliphatic rings. The molecule has 106 valence electrons. The molecule has 0 spiro atoms. The lowest BCUT2D eigenvalue weighted by atomic mass is 9.95. The van der Waals surface area contributed by atoms with Crippen molar-refractivity contribution in [3.05, 3.63) is 11.6 Å². The van der Waals surface area contributed by atoms with Crippen LogP contribution in [0.15, 0.2) is 0 Å². The maximum atomic E-state index is 6.26. The van der Waals surface area contributed by atoms with Crippen molar-refractivity contribution in [2.45, 2.75) is 64.1 Å². The number of nitrogens with two attached hydrogens (primary N) is 1. The average molecular weight is 263 g/mol. The van der Waals surface area contributed by atoms with Crippen LogP contribution >= 0.6 is 0 Å². The van der Waals surface area contributed by atoms with Gasteiger partial charge in [-0.1, -0.05) is 0 Å². The summed E-state index contributed by atoms with van der Waals surface area (Å²) in [6, 6.07) is 0.611. The smallest absolute Gasteiger partial charge is 0.138 e. The summed E-state index contributed by atoms with van der Waals surface area (Å²) in [6.07, 6.45) is 5.78. The molecule has 0 bridgehead atoms. The number of fused-ring (bicyclic) bond motifs is 1. The highest BCUT2D eigenvalue weighted by atomic mass is 15.3. The molecule has 5 nitrogen and oxygen atoms in total. The first kappa shape index (κ1) is 13.1. The Balaban J connectivity index is 1.84. The molecule has 3 heterocycles. The van der Waals surface area contributed by atoms with Crippen LogP contribution in [0.25, 0.3) is 0 Å². The van der Waals surface area contributed by atoms with E-state index in [1.807, 2.05) is 0 Å². The number of hydrogen-bond donors (Lipinski definition) is 1. The third-order valence-electron chi connectivity index (χ3n) is 4.57. The van der Waals surface area contributed by atoms with Gasteiger partial charge in [0.15, 0.2) is 0 Å². The van der Waals surface area contributed by atoms with E-state index in [2.05, 4.69) is 33.5 Å². The van der Waals surface area contributed by atoms with E-state index in [9.17, 15) is 0 Å². The van der Waals surface area contributed by atoms with Crippen molar-refractivity contribution in [1.29, 1.82) is 0 Å². The Bertz CT molecular complexity index is 439. The topological polar surface area (TPSA) is 60.0 Å². The third-order valence-corrected chi connectivity index (χ3v) is 4.57. The molecule has 5 heteroatoms. The van der Waals surface area contributed by atoms with E-state index < -0.39 is 0 Å². The molecule has 2 aliphatic heterocycles. The summed E-state index contributed by atoms with van der Waals surface area (Å²) in [5.74, 6) is 2.73. The Morgan fingerprint density at radius 1 is 1.21 bits per heavy atom. The van der Waals surface area contributed by atoms with E-state index in [0.29, 0.717) is 12.0 Å². The van der Waals surface area contributed by atoms with Gasteiger partial charge in [0, 0.05) is 24.9 Å². The van der Waals surface area contributed by atoms with Crippen LogP contribution in [-0.2, 0) is 6.42 Å². The van der Waals surface area contributed by atoms with Gasteiger partial charge < -0.3 is 10.6 Å². The van der Waals surface area contributed by atoms with Crippen molar-refractivity contribution in [1.82, 2.24) is 19.7 Å². The molecule has 3 rings (SSSR count). The number of piperidine rings is 1. The van der Waals surface area contributed by atoms with Gasteiger partial charge >= 0.3 is 0 Å². The van der Waals surface area contributed by atoms with Crippen molar-refractivity contribution in [2.75, 3.05) is 13.1 Å². The van der Waals surface area contributed by atoms with Crippen molar-refractivity contribution in [3.63, 3.8) is 0 Å². The Morgan fingerprint density at radius 3 is 2.84 bits per heavy atom. The van der Waals surface area contributed by atoms with Crippen molar-refractivity contribution >= 4 is 0 Å². The minimum atomic E-state index is 0.0863. The number of likely N-dealkylation sites (tertiary alicyclic amines) is 1. The van der Waals surface area contributed by atoms with Crippen LogP contribution in [0.5, 0.6) is 0 Å². The zero-order valence-electron chi connectivity index (χ0n) is 12.0. The van der Waals surface area contributed by atoms with E-state index in [4.69, 9.17) is 5.73 Å². The molecule has 0 aliphatic carbocycles. The fraction of sp³-hybridized carbons (Fsp3) is 0.857. The van der Waals surface area contributed by atoms with Gasteiger partial charge in [-0.25, -0.2) is 0 Å². The highest BCUT2D eigenvalue weighted by Crippen LogP contribution is 2.31. The second-order valence-electron chi connectivity index (χ2n) is 6.23. The predicted molar refractivity (Wildman–Crippen MR) is 74.9 cm³/mol. The summed E-state index contributed by atoms with van der Waals surface area (Å²) in [5, 5.41) is 8.84. The lowest BCUT2D eigenvalue weighted by Gasteiger charge is -2.35. The average Bonchev–Trinajstić information content (AvgIpc) is 2.84. The maximum absolute atomic E-state index is 6.26. The molecular weight excluding hydrogens is 238 g/mol. The third kappa shape index (κ3) is 2.41. The molecule has 1 aromatic heterocycles. The van der Waals surface area contributed by atoms with Gasteiger partial charge in [0.25, 0.3) is 0 Å². The number of nitrogens with zero attached hydrogens (tertiary/aromatic N) is 4. The highest BCUT2D eigenvalue weighted by Gasteiger charge is 2.30. The van der Waals surface area contributed by atoms with Crippen molar-refractivity contribution in [3.8, 4) is 0 Å². The molecule has 0 saturated carbocycles. The van der Waals surface area contributed by atoms with E-state index >= 15 is 0 Å². The Kier molecular flexibility index (Phi) is 3.58. The minimum absolute atomic E-state index is 0.0863. The highest BCUT2D eigenvalue weighted by molar-refractivity contribution is 5.08. The van der Waals surface area contributed by atoms with Crippen LogP contribution < -0.4 is 5.73 Å². The number of aromatic nitrogens is 3. The van der Waals surface area contributed by atoms with Crippen LogP contribution in [0, 0.1) is 0 Å². The molecule has 1 saturated heterocycles. The van der Waals surface area contributed by atoms with Crippen LogP contribution in [-0.4, -0.2) is 38.8 Å². The van der Waals surface area contributed by atoms with Gasteiger partial charge in [0.05, 0.1) is 6.17 Å². The van der Waals surface area contributed by atoms with Gasteiger partial charge in [-0.05, 0) is 46.1 Å². The standard InChI is InChI=1S/C14H25N5/c1-10(2)18-8-4-5-11(9-18)14-17-16-13-7-3-6-12(15)19(13)14/h10-12H,3-9,15H2,1-2H3. The Morgan fingerprint density at radius 2 is 2.05 bits per heavy atom. The van der Waals surface area contributed by atoms with Crippen molar-refractivity contribution in [2.24, 2.45) is 5.73 Å². The maximum Gasteiger partial charge on any atom is 0.138 e. The van der Waals surface area contributed by atoms with Crippen LogP contribution in [0.2, 0.25) is 0 Å². The Hall–Kier alpha value is -0.940. The van der Waals surface area contributed by atoms with E-state index in [1.165, 1.54) is 19.4 Å². The summed E-state index contributed by atoms with van der Waals surface area (Å²) in [6.45, 7) is 6.85. The largest absolute Gasteiger partial charge is 0.311 e. The first-order valence-electron chi connectivity index (χ1n) is 7.60. The monoisotopic (exact) mass is 263 g/mol. The molecule has 0 amide bonds. The van der Waals surface area contributed by atoms with Gasteiger partial charge in [-0.15, -0.1) is 10.2 Å².